The van der Waals surface area contributed by atoms with Crippen LogP contribution in [0.5, 0.6) is 0 Å². The lowest BCUT2D eigenvalue weighted by molar-refractivity contribution is -0.119. The minimum absolute atomic E-state index is 0.224. The van der Waals surface area contributed by atoms with E-state index < -0.39 is 0 Å². The number of carbonyl (C=O) groups excluding carboxylic acids is 1. The first-order valence-electron chi connectivity index (χ1n) is 6.00. The number of aromatic nitrogens is 1. The van der Waals surface area contributed by atoms with Crippen LogP contribution in [0, 0.1) is 6.92 Å². The van der Waals surface area contributed by atoms with Crippen molar-refractivity contribution in [2.75, 3.05) is 11.4 Å². The Balaban J connectivity index is 0.000000606. The molecule has 1 aliphatic rings. The fourth-order valence-electron chi connectivity index (χ4n) is 1.70. The number of piperidine rings is 1. The molecule has 1 aromatic heterocycles. The van der Waals surface area contributed by atoms with Crippen molar-refractivity contribution in [3.63, 3.8) is 0 Å². The summed E-state index contributed by atoms with van der Waals surface area (Å²) in [5.41, 5.74) is 1.92. The van der Waals surface area contributed by atoms with Gasteiger partial charge in [-0.2, -0.15) is 0 Å². The molecule has 0 saturated carbocycles. The van der Waals surface area contributed by atoms with E-state index in [0.29, 0.717) is 6.42 Å². The number of rotatable bonds is 1. The second-order valence-electron chi connectivity index (χ2n) is 3.66. The van der Waals surface area contributed by atoms with Crippen molar-refractivity contribution in [3.8, 4) is 0 Å². The summed E-state index contributed by atoms with van der Waals surface area (Å²) in [6.07, 6.45) is 4.57. The van der Waals surface area contributed by atoms with Crippen molar-refractivity contribution in [3.05, 3.63) is 24.0 Å². The maximum Gasteiger partial charge on any atom is 0.227 e. The zero-order valence-electron chi connectivity index (χ0n) is 10.4. The number of carbonyl (C=O) groups is 1. The molecule has 0 atom stereocenters. The van der Waals surface area contributed by atoms with Gasteiger partial charge in [0.05, 0.1) is 11.9 Å². The van der Waals surface area contributed by atoms with Crippen LogP contribution in [0.15, 0.2) is 18.3 Å². The molecule has 3 heteroatoms. The van der Waals surface area contributed by atoms with Crippen LogP contribution in [0.1, 0.15) is 38.8 Å². The molecule has 1 aliphatic heterocycles. The summed E-state index contributed by atoms with van der Waals surface area (Å²) in [4.78, 5) is 17.6. The van der Waals surface area contributed by atoms with E-state index in [1.54, 1.807) is 6.20 Å². The molecular weight excluding hydrogens is 200 g/mol. The monoisotopic (exact) mass is 220 g/mol. The van der Waals surface area contributed by atoms with Crippen LogP contribution in [0.4, 0.5) is 5.69 Å². The van der Waals surface area contributed by atoms with Gasteiger partial charge in [0.15, 0.2) is 0 Å². The third-order valence-electron chi connectivity index (χ3n) is 2.53. The molecular formula is C13H20N2O. The fourth-order valence-corrected chi connectivity index (χ4v) is 1.70. The van der Waals surface area contributed by atoms with E-state index in [-0.39, 0.29) is 5.91 Å². The second-order valence-corrected chi connectivity index (χ2v) is 3.66. The first-order chi connectivity index (χ1) is 7.77. The molecule has 0 N–H and O–H groups in total. The summed E-state index contributed by atoms with van der Waals surface area (Å²) in [5, 5.41) is 0. The largest absolute Gasteiger partial charge is 0.311 e. The normalized spacial score (nSPS) is 15.4. The van der Waals surface area contributed by atoms with Crippen molar-refractivity contribution < 1.29 is 4.79 Å². The standard InChI is InChI=1S/C11H14N2O.C2H6/c1-9-5-6-10(8-12-9)13-7-3-2-4-11(13)14;1-2/h5-6,8H,2-4,7H2,1H3;1-2H3. The molecule has 1 aromatic rings. The topological polar surface area (TPSA) is 33.2 Å². The number of anilines is 1. The molecule has 0 aliphatic carbocycles. The van der Waals surface area contributed by atoms with Gasteiger partial charge in [0.25, 0.3) is 0 Å². The minimum Gasteiger partial charge on any atom is -0.311 e. The molecule has 1 saturated heterocycles. The van der Waals surface area contributed by atoms with Crippen LogP contribution in [-0.4, -0.2) is 17.4 Å². The summed E-state index contributed by atoms with van der Waals surface area (Å²) >= 11 is 0. The zero-order valence-corrected chi connectivity index (χ0v) is 10.4. The summed E-state index contributed by atoms with van der Waals surface area (Å²) in [5.74, 6) is 0.224. The quantitative estimate of drug-likeness (QED) is 0.729. The van der Waals surface area contributed by atoms with Gasteiger partial charge in [0, 0.05) is 18.7 Å². The number of hydrogen-bond acceptors (Lipinski definition) is 2. The van der Waals surface area contributed by atoms with E-state index in [2.05, 4.69) is 4.98 Å². The van der Waals surface area contributed by atoms with Crippen molar-refractivity contribution in [1.82, 2.24) is 4.98 Å². The summed E-state index contributed by atoms with van der Waals surface area (Å²) < 4.78 is 0. The van der Waals surface area contributed by atoms with Gasteiger partial charge in [0.2, 0.25) is 5.91 Å². The molecule has 16 heavy (non-hydrogen) atoms. The minimum atomic E-state index is 0.224. The van der Waals surface area contributed by atoms with Gasteiger partial charge in [-0.1, -0.05) is 13.8 Å². The van der Waals surface area contributed by atoms with E-state index in [1.165, 1.54) is 0 Å². The maximum absolute atomic E-state index is 11.6. The highest BCUT2D eigenvalue weighted by molar-refractivity contribution is 5.93. The van der Waals surface area contributed by atoms with Crippen molar-refractivity contribution in [2.24, 2.45) is 0 Å². The Hall–Kier alpha value is -1.38. The highest BCUT2D eigenvalue weighted by Crippen LogP contribution is 2.19. The van der Waals surface area contributed by atoms with Gasteiger partial charge < -0.3 is 4.90 Å². The average Bonchev–Trinajstić information content (AvgIpc) is 2.34. The number of pyridine rings is 1. The fraction of sp³-hybridized carbons (Fsp3) is 0.538. The van der Waals surface area contributed by atoms with Crippen molar-refractivity contribution in [1.29, 1.82) is 0 Å². The van der Waals surface area contributed by atoms with E-state index in [9.17, 15) is 4.79 Å². The van der Waals surface area contributed by atoms with E-state index >= 15 is 0 Å². The van der Waals surface area contributed by atoms with Gasteiger partial charge in [-0.15, -0.1) is 0 Å². The molecule has 0 spiro atoms. The third-order valence-corrected chi connectivity index (χ3v) is 2.53. The second kappa shape index (κ2) is 6.26. The van der Waals surface area contributed by atoms with Gasteiger partial charge in [-0.05, 0) is 31.9 Å². The molecule has 2 rings (SSSR count). The zero-order chi connectivity index (χ0) is 12.0. The molecule has 0 aromatic carbocycles. The number of hydrogen-bond donors (Lipinski definition) is 0. The molecule has 1 amide bonds. The van der Waals surface area contributed by atoms with E-state index in [1.807, 2.05) is 37.8 Å². The Kier molecular flexibility index (Phi) is 4.96. The van der Waals surface area contributed by atoms with Crippen LogP contribution in [0.3, 0.4) is 0 Å². The number of nitrogens with zero attached hydrogens (tertiary/aromatic N) is 2. The Morgan fingerprint density at radius 3 is 2.56 bits per heavy atom. The van der Waals surface area contributed by atoms with Crippen molar-refractivity contribution >= 4 is 11.6 Å². The Morgan fingerprint density at radius 1 is 1.25 bits per heavy atom. The molecule has 2 heterocycles. The van der Waals surface area contributed by atoms with Crippen LogP contribution in [0.2, 0.25) is 0 Å². The van der Waals surface area contributed by atoms with Crippen LogP contribution < -0.4 is 4.90 Å². The Labute approximate surface area is 97.5 Å². The molecule has 0 unspecified atom stereocenters. The molecule has 1 fully saturated rings. The summed E-state index contributed by atoms with van der Waals surface area (Å²) in [6, 6.07) is 3.91. The van der Waals surface area contributed by atoms with Crippen LogP contribution in [-0.2, 0) is 4.79 Å². The van der Waals surface area contributed by atoms with Crippen LogP contribution in [0.25, 0.3) is 0 Å². The highest BCUT2D eigenvalue weighted by atomic mass is 16.2. The number of amides is 1. The lowest BCUT2D eigenvalue weighted by atomic mass is 10.1. The van der Waals surface area contributed by atoms with Gasteiger partial charge in [-0.25, -0.2) is 0 Å². The van der Waals surface area contributed by atoms with E-state index in [0.717, 1.165) is 30.8 Å². The van der Waals surface area contributed by atoms with Crippen LogP contribution >= 0.6 is 0 Å². The smallest absolute Gasteiger partial charge is 0.227 e. The molecule has 0 radical (unpaired) electrons. The Bertz CT molecular complexity index is 332. The number of aryl methyl sites for hydroxylation is 1. The van der Waals surface area contributed by atoms with Gasteiger partial charge >= 0.3 is 0 Å². The highest BCUT2D eigenvalue weighted by Gasteiger charge is 2.19. The first kappa shape index (κ1) is 12.7. The molecule has 3 nitrogen and oxygen atoms in total. The Morgan fingerprint density at radius 2 is 2.00 bits per heavy atom. The van der Waals surface area contributed by atoms with Gasteiger partial charge in [-0.3, -0.25) is 9.78 Å². The van der Waals surface area contributed by atoms with Crippen molar-refractivity contribution in [2.45, 2.75) is 40.0 Å². The average molecular weight is 220 g/mol. The summed E-state index contributed by atoms with van der Waals surface area (Å²) in [6.45, 7) is 6.78. The predicted octanol–water partition coefficient (Wildman–Crippen LogP) is 2.93. The lowest BCUT2D eigenvalue weighted by Crippen LogP contribution is -2.35. The van der Waals surface area contributed by atoms with E-state index in [4.69, 9.17) is 0 Å². The van der Waals surface area contributed by atoms with Gasteiger partial charge in [0.1, 0.15) is 0 Å². The first-order valence-corrected chi connectivity index (χ1v) is 6.00. The maximum atomic E-state index is 11.6. The molecule has 88 valence electrons. The third kappa shape index (κ3) is 3.05. The molecule has 0 bridgehead atoms. The SMILES string of the molecule is CC.Cc1ccc(N2CCCCC2=O)cn1. The summed E-state index contributed by atoms with van der Waals surface area (Å²) in [7, 11) is 0. The lowest BCUT2D eigenvalue weighted by Gasteiger charge is -2.26. The predicted molar refractivity (Wildman–Crippen MR) is 66.5 cm³/mol.